The maximum absolute atomic E-state index is 9.52. The Morgan fingerprint density at radius 1 is 1.19 bits per heavy atom. The van der Waals surface area contributed by atoms with Crippen molar-refractivity contribution in [3.8, 4) is 17.5 Å². The monoisotopic (exact) mass is 417 g/mol. The average molecular weight is 418 g/mol. The van der Waals surface area contributed by atoms with Gasteiger partial charge in [0, 0.05) is 20.1 Å². The van der Waals surface area contributed by atoms with Crippen molar-refractivity contribution in [3.05, 3.63) is 71.4 Å². The van der Waals surface area contributed by atoms with Crippen LogP contribution in [0.15, 0.2) is 59.6 Å². The summed E-state index contributed by atoms with van der Waals surface area (Å²) in [5.74, 6) is 1.90. The molecule has 2 aromatic carbocycles. The third-order valence-corrected chi connectivity index (χ3v) is 4.81. The van der Waals surface area contributed by atoms with E-state index in [1.807, 2.05) is 54.6 Å². The lowest BCUT2D eigenvalue weighted by Crippen LogP contribution is -2.37. The van der Waals surface area contributed by atoms with Crippen molar-refractivity contribution >= 4 is 11.8 Å². The van der Waals surface area contributed by atoms with Crippen molar-refractivity contribution in [3.63, 3.8) is 0 Å². The van der Waals surface area contributed by atoms with Crippen LogP contribution in [0.1, 0.15) is 23.2 Å². The smallest absolute Gasteiger partial charge is 0.191 e. The molecule has 0 bridgehead atoms. The molecule has 0 aliphatic carbocycles. The van der Waals surface area contributed by atoms with Gasteiger partial charge in [0.2, 0.25) is 0 Å². The molecule has 0 amide bonds. The van der Waals surface area contributed by atoms with E-state index in [-0.39, 0.29) is 0 Å². The number of hydrogen-bond donors (Lipinski definition) is 3. The molecule has 8 heteroatoms. The van der Waals surface area contributed by atoms with Gasteiger partial charge in [0.1, 0.15) is 23.2 Å². The zero-order valence-corrected chi connectivity index (χ0v) is 17.8. The highest BCUT2D eigenvalue weighted by Gasteiger charge is 2.16. The molecule has 4 N–H and O–H groups in total. The Labute approximate surface area is 182 Å². The minimum absolute atomic E-state index is 0.368. The van der Waals surface area contributed by atoms with Crippen LogP contribution in [0.3, 0.4) is 0 Å². The molecule has 1 heterocycles. The first-order valence-corrected chi connectivity index (χ1v) is 10.1. The number of nitrogens with two attached hydrogens (primary N) is 1. The van der Waals surface area contributed by atoms with E-state index in [2.05, 4.69) is 26.8 Å². The number of hydrogen-bond acceptors (Lipinski definition) is 5. The highest BCUT2D eigenvalue weighted by Crippen LogP contribution is 2.21. The second kappa shape index (κ2) is 10.7. The van der Waals surface area contributed by atoms with Crippen LogP contribution in [0.2, 0.25) is 0 Å². The van der Waals surface area contributed by atoms with Crippen molar-refractivity contribution in [1.29, 1.82) is 5.26 Å². The first kappa shape index (κ1) is 21.7. The fourth-order valence-corrected chi connectivity index (χ4v) is 3.19. The van der Waals surface area contributed by atoms with Crippen LogP contribution in [0.4, 0.5) is 5.82 Å². The van der Waals surface area contributed by atoms with Gasteiger partial charge in [-0.15, -0.1) is 0 Å². The molecular weight excluding hydrogens is 390 g/mol. The number of nitrogens with one attached hydrogen (secondary N) is 2. The summed E-state index contributed by atoms with van der Waals surface area (Å²) in [5.41, 5.74) is 9.23. The highest BCUT2D eigenvalue weighted by atomic mass is 16.5. The van der Waals surface area contributed by atoms with Crippen molar-refractivity contribution in [2.75, 3.05) is 26.4 Å². The Morgan fingerprint density at radius 2 is 2.00 bits per heavy atom. The fraction of sp³-hybridized carbons (Fsp3) is 0.261. The predicted molar refractivity (Wildman–Crippen MR) is 122 cm³/mol. The number of aromatic nitrogens is 2. The number of para-hydroxylation sites is 1. The molecule has 31 heavy (non-hydrogen) atoms. The van der Waals surface area contributed by atoms with Crippen LogP contribution in [0.5, 0.6) is 5.75 Å². The van der Waals surface area contributed by atoms with Gasteiger partial charge in [0.15, 0.2) is 5.96 Å². The topological polar surface area (TPSA) is 113 Å². The Hall–Kier alpha value is -3.99. The number of benzene rings is 2. The number of methoxy groups -OCH3 is 1. The van der Waals surface area contributed by atoms with Gasteiger partial charge >= 0.3 is 0 Å². The predicted octanol–water partition coefficient (Wildman–Crippen LogP) is 2.63. The third kappa shape index (κ3) is 5.54. The third-order valence-electron chi connectivity index (χ3n) is 4.81. The number of rotatable bonds is 8. The summed E-state index contributed by atoms with van der Waals surface area (Å²) in [6, 6.07) is 19.6. The molecule has 0 aliphatic heterocycles. The number of nitriles is 1. The largest absolute Gasteiger partial charge is 0.497 e. The van der Waals surface area contributed by atoms with Gasteiger partial charge < -0.3 is 21.1 Å². The first-order valence-electron chi connectivity index (χ1n) is 10.1. The number of guanidine groups is 1. The molecule has 3 rings (SSSR count). The van der Waals surface area contributed by atoms with E-state index in [1.165, 1.54) is 0 Å². The number of aliphatic imine (C=N–C) groups is 1. The lowest BCUT2D eigenvalue weighted by Gasteiger charge is -2.12. The fourth-order valence-electron chi connectivity index (χ4n) is 3.19. The van der Waals surface area contributed by atoms with Gasteiger partial charge in [-0.2, -0.15) is 10.4 Å². The molecule has 0 unspecified atom stereocenters. The quantitative estimate of drug-likeness (QED) is 0.295. The highest BCUT2D eigenvalue weighted by molar-refractivity contribution is 5.79. The summed E-state index contributed by atoms with van der Waals surface area (Å²) in [6.45, 7) is 1.31. The van der Waals surface area contributed by atoms with Crippen LogP contribution in [-0.4, -0.2) is 36.4 Å². The van der Waals surface area contributed by atoms with Crippen molar-refractivity contribution in [2.24, 2.45) is 4.99 Å². The maximum atomic E-state index is 9.52. The molecule has 160 valence electrons. The van der Waals surface area contributed by atoms with E-state index >= 15 is 0 Å². The Bertz CT molecular complexity index is 1070. The normalized spacial score (nSPS) is 11.1. The van der Waals surface area contributed by atoms with Crippen LogP contribution >= 0.6 is 0 Å². The number of aryl methyl sites for hydroxylation is 1. The number of nitrogen functional groups attached to an aromatic ring is 1. The van der Waals surface area contributed by atoms with Crippen LogP contribution in [0, 0.1) is 11.3 Å². The van der Waals surface area contributed by atoms with Gasteiger partial charge in [0.25, 0.3) is 0 Å². The SMILES string of the molecule is CN=C(NCCCc1nn(-c2ccccc2)c(N)c1C#N)NCc1cccc(OC)c1. The minimum Gasteiger partial charge on any atom is -0.497 e. The van der Waals surface area contributed by atoms with E-state index in [1.54, 1.807) is 18.8 Å². The van der Waals surface area contributed by atoms with E-state index in [9.17, 15) is 5.26 Å². The van der Waals surface area contributed by atoms with E-state index in [0.717, 1.165) is 23.4 Å². The molecule has 8 nitrogen and oxygen atoms in total. The zero-order chi connectivity index (χ0) is 22.1. The van der Waals surface area contributed by atoms with Crippen LogP contribution in [-0.2, 0) is 13.0 Å². The van der Waals surface area contributed by atoms with E-state index in [0.29, 0.717) is 42.5 Å². The molecule has 0 spiro atoms. The lowest BCUT2D eigenvalue weighted by molar-refractivity contribution is 0.414. The van der Waals surface area contributed by atoms with Crippen molar-refractivity contribution in [2.45, 2.75) is 19.4 Å². The van der Waals surface area contributed by atoms with Gasteiger partial charge in [-0.05, 0) is 42.7 Å². The Morgan fingerprint density at radius 3 is 2.71 bits per heavy atom. The molecular formula is C23H27N7O. The Kier molecular flexibility index (Phi) is 7.49. The summed E-state index contributed by atoms with van der Waals surface area (Å²) in [4.78, 5) is 4.25. The summed E-state index contributed by atoms with van der Waals surface area (Å²) >= 11 is 0. The molecule has 0 radical (unpaired) electrons. The second-order valence-electron chi connectivity index (χ2n) is 6.87. The average Bonchev–Trinajstić information content (AvgIpc) is 3.14. The molecule has 0 aliphatic rings. The van der Waals surface area contributed by atoms with Gasteiger partial charge in [-0.25, -0.2) is 4.68 Å². The minimum atomic E-state index is 0.368. The van der Waals surface area contributed by atoms with Crippen LogP contribution < -0.4 is 21.1 Å². The summed E-state index contributed by atoms with van der Waals surface area (Å²) in [5, 5.41) is 20.7. The number of anilines is 1. The molecule has 3 aromatic rings. The zero-order valence-electron chi connectivity index (χ0n) is 17.8. The van der Waals surface area contributed by atoms with Gasteiger partial charge in [-0.3, -0.25) is 4.99 Å². The molecule has 0 fully saturated rings. The maximum Gasteiger partial charge on any atom is 0.191 e. The van der Waals surface area contributed by atoms with Gasteiger partial charge in [-0.1, -0.05) is 30.3 Å². The summed E-state index contributed by atoms with van der Waals surface area (Å²) in [6.07, 6.45) is 1.41. The summed E-state index contributed by atoms with van der Waals surface area (Å²) in [7, 11) is 3.39. The second-order valence-corrected chi connectivity index (χ2v) is 6.87. The van der Waals surface area contributed by atoms with E-state index in [4.69, 9.17) is 10.5 Å². The standard InChI is InChI=1S/C23H27N7O/c1-26-23(28-16-17-8-6-11-19(14-17)31-2)27-13-7-12-21-20(15-24)22(25)30(29-21)18-9-4-3-5-10-18/h3-6,8-11,14H,7,12-13,16,25H2,1-2H3,(H2,26,27,28). The summed E-state index contributed by atoms with van der Waals surface area (Å²) < 4.78 is 6.87. The van der Waals surface area contributed by atoms with Crippen molar-refractivity contribution in [1.82, 2.24) is 20.4 Å². The number of nitrogens with zero attached hydrogens (tertiary/aromatic N) is 4. The van der Waals surface area contributed by atoms with E-state index < -0.39 is 0 Å². The van der Waals surface area contributed by atoms with Gasteiger partial charge in [0.05, 0.1) is 18.5 Å². The molecule has 0 saturated carbocycles. The van der Waals surface area contributed by atoms with Crippen LogP contribution in [0.25, 0.3) is 5.69 Å². The first-order chi connectivity index (χ1) is 15.2. The lowest BCUT2D eigenvalue weighted by atomic mass is 10.1. The molecule has 0 saturated heterocycles. The molecule has 1 aromatic heterocycles. The number of ether oxygens (including phenoxy) is 1. The van der Waals surface area contributed by atoms with Crippen molar-refractivity contribution < 1.29 is 4.74 Å². The Balaban J connectivity index is 1.53. The molecule has 0 atom stereocenters.